The van der Waals surface area contributed by atoms with Crippen LogP contribution in [0.2, 0.25) is 0 Å². The maximum Gasteiger partial charge on any atom is 0.508 e. The van der Waals surface area contributed by atoms with Crippen molar-refractivity contribution in [2.75, 3.05) is 0 Å². The summed E-state index contributed by atoms with van der Waals surface area (Å²) in [5, 5.41) is 8.46. The van der Waals surface area contributed by atoms with Crippen molar-refractivity contribution in [3.05, 3.63) is 11.8 Å². The van der Waals surface area contributed by atoms with Gasteiger partial charge in [-0.05, 0) is 46.5 Å². The van der Waals surface area contributed by atoms with Crippen molar-refractivity contribution >= 4 is 12.1 Å². The van der Waals surface area contributed by atoms with Gasteiger partial charge in [-0.3, -0.25) is 0 Å². The Balaban J connectivity index is 4.50. The third kappa shape index (κ3) is 8.22. The molecular formula is C17H30O8. The van der Waals surface area contributed by atoms with Crippen LogP contribution in [0.3, 0.4) is 0 Å². The first-order chi connectivity index (χ1) is 11.3. The van der Waals surface area contributed by atoms with E-state index in [1.165, 1.54) is 20.8 Å². The van der Waals surface area contributed by atoms with Crippen molar-refractivity contribution in [1.82, 2.24) is 0 Å². The molecule has 0 aliphatic rings. The monoisotopic (exact) mass is 362 g/mol. The van der Waals surface area contributed by atoms with Crippen LogP contribution < -0.4 is 0 Å². The molecule has 25 heavy (non-hydrogen) atoms. The fraction of sp³-hybridized carbons (Fsp3) is 0.765. The molecule has 8 heteroatoms. The van der Waals surface area contributed by atoms with Crippen LogP contribution >= 0.6 is 0 Å². The van der Waals surface area contributed by atoms with Crippen molar-refractivity contribution in [3.63, 3.8) is 0 Å². The smallest absolute Gasteiger partial charge is 0.450 e. The Kier molecular flexibility index (Phi) is 8.93. The van der Waals surface area contributed by atoms with E-state index in [2.05, 4.69) is 25.5 Å². The van der Waals surface area contributed by atoms with Gasteiger partial charge in [-0.1, -0.05) is 20.8 Å². The highest BCUT2D eigenvalue weighted by molar-refractivity contribution is 5.87. The Labute approximate surface area is 149 Å². The topological polar surface area (TPSA) is 101 Å². The van der Waals surface area contributed by atoms with E-state index in [4.69, 9.17) is 24.4 Å². The van der Waals surface area contributed by atoms with E-state index in [1.807, 2.05) is 13.8 Å². The first-order valence-electron chi connectivity index (χ1n) is 8.09. The zero-order valence-corrected chi connectivity index (χ0v) is 16.2. The third-order valence-electron chi connectivity index (χ3n) is 4.24. The second-order valence-corrected chi connectivity index (χ2v) is 6.79. The summed E-state index contributed by atoms with van der Waals surface area (Å²) < 4.78 is 14.4. The second kappa shape index (κ2) is 9.62. The molecule has 2 atom stereocenters. The Morgan fingerprint density at radius 1 is 1.08 bits per heavy atom. The van der Waals surface area contributed by atoms with Crippen molar-refractivity contribution in [1.29, 1.82) is 0 Å². The molecular weight excluding hydrogens is 332 g/mol. The Morgan fingerprint density at radius 2 is 1.60 bits per heavy atom. The molecule has 0 fully saturated rings. The van der Waals surface area contributed by atoms with E-state index in [1.54, 1.807) is 0 Å². The minimum atomic E-state index is -1.48. The predicted molar refractivity (Wildman–Crippen MR) is 89.3 cm³/mol. The van der Waals surface area contributed by atoms with Crippen LogP contribution in [0.4, 0.5) is 4.79 Å². The molecule has 0 amide bonds. The van der Waals surface area contributed by atoms with Gasteiger partial charge in [0.1, 0.15) is 11.9 Å². The highest BCUT2D eigenvalue weighted by Gasteiger charge is 2.38. The average molecular weight is 362 g/mol. The molecule has 0 aromatic heterocycles. The molecule has 0 bridgehead atoms. The summed E-state index contributed by atoms with van der Waals surface area (Å²) in [4.78, 5) is 32.8. The molecule has 0 heterocycles. The average Bonchev–Trinajstić information content (AvgIpc) is 2.45. The van der Waals surface area contributed by atoms with Crippen molar-refractivity contribution in [3.8, 4) is 0 Å². The molecule has 2 unspecified atom stereocenters. The summed E-state index contributed by atoms with van der Waals surface area (Å²) in [5.41, 5.74) is -0.535. The zero-order valence-electron chi connectivity index (χ0n) is 16.2. The van der Waals surface area contributed by atoms with Gasteiger partial charge in [0.15, 0.2) is 0 Å². The fourth-order valence-corrected chi connectivity index (χ4v) is 1.51. The van der Waals surface area contributed by atoms with Gasteiger partial charge in [0, 0.05) is 0 Å². The van der Waals surface area contributed by atoms with Crippen LogP contribution in [0.25, 0.3) is 0 Å². The van der Waals surface area contributed by atoms with Gasteiger partial charge in [-0.15, -0.1) is 0 Å². The lowest BCUT2D eigenvalue weighted by atomic mass is 9.75. The van der Waals surface area contributed by atoms with Gasteiger partial charge in [0.25, 0.3) is 0 Å². The Hall–Kier alpha value is -1.80. The normalized spacial score (nSPS) is 15.3. The van der Waals surface area contributed by atoms with E-state index in [0.717, 1.165) is 12.7 Å². The van der Waals surface area contributed by atoms with Gasteiger partial charge in [-0.25, -0.2) is 9.59 Å². The van der Waals surface area contributed by atoms with Crippen LogP contribution in [0.1, 0.15) is 61.8 Å². The number of carbonyl (C=O) groups excluding carboxylic acids is 1. The van der Waals surface area contributed by atoms with Crippen LogP contribution in [-0.2, 0) is 28.8 Å². The molecule has 0 spiro atoms. The lowest BCUT2D eigenvalue weighted by Gasteiger charge is -2.38. The van der Waals surface area contributed by atoms with Gasteiger partial charge in [-0.2, -0.15) is 4.89 Å². The first kappa shape index (κ1) is 23.2. The molecule has 0 radical (unpaired) electrons. The van der Waals surface area contributed by atoms with Crippen LogP contribution in [0, 0.1) is 5.41 Å². The van der Waals surface area contributed by atoms with Gasteiger partial charge in [0.2, 0.25) is 12.6 Å². The number of esters is 1. The number of hydrogen-bond donors (Lipinski definition) is 1. The largest absolute Gasteiger partial charge is 0.508 e. The van der Waals surface area contributed by atoms with Crippen molar-refractivity contribution < 1.29 is 38.7 Å². The lowest BCUT2D eigenvalue weighted by molar-refractivity contribution is -0.342. The van der Waals surface area contributed by atoms with Crippen LogP contribution in [0.5, 0.6) is 0 Å². The fourth-order valence-electron chi connectivity index (χ4n) is 1.51. The van der Waals surface area contributed by atoms with E-state index in [-0.39, 0.29) is 11.0 Å². The van der Waals surface area contributed by atoms with Crippen molar-refractivity contribution in [2.24, 2.45) is 5.41 Å². The van der Waals surface area contributed by atoms with Gasteiger partial charge in [0.05, 0.1) is 5.57 Å². The van der Waals surface area contributed by atoms with E-state index in [9.17, 15) is 9.59 Å². The SMILES string of the molecule is CCC(C)(C)C(C)(C)OOC=C(C)C(=O)OC(C)OC(C)OC(=O)O. The Bertz CT molecular complexity index is 481. The summed E-state index contributed by atoms with van der Waals surface area (Å²) in [6.45, 7) is 14.3. The highest BCUT2D eigenvalue weighted by atomic mass is 17.2. The predicted octanol–water partition coefficient (Wildman–Crippen LogP) is 4.00. The molecule has 0 rings (SSSR count). The van der Waals surface area contributed by atoms with Crippen LogP contribution in [-0.4, -0.2) is 35.4 Å². The summed E-state index contributed by atoms with van der Waals surface area (Å²) in [6.07, 6.45) is -1.51. The molecule has 0 aliphatic carbocycles. The molecule has 146 valence electrons. The number of rotatable bonds is 10. The lowest BCUT2D eigenvalue weighted by Crippen LogP contribution is -2.40. The van der Waals surface area contributed by atoms with E-state index >= 15 is 0 Å². The Morgan fingerprint density at radius 3 is 2.08 bits per heavy atom. The second-order valence-electron chi connectivity index (χ2n) is 6.79. The number of ether oxygens (including phenoxy) is 3. The standard InChI is InChI=1S/C17H30O8/c1-9-16(5,6)17(7,8)25-21-10-11(2)14(18)23-12(3)22-13(4)24-15(19)20/h10,12-13H,9H2,1-8H3,(H,19,20). The molecule has 8 nitrogen and oxygen atoms in total. The minimum absolute atomic E-state index is 0.127. The number of carbonyl (C=O) groups is 2. The molecule has 0 saturated carbocycles. The highest BCUT2D eigenvalue weighted by Crippen LogP contribution is 2.36. The number of hydrogen-bond acceptors (Lipinski definition) is 7. The third-order valence-corrected chi connectivity index (χ3v) is 4.24. The molecule has 0 saturated heterocycles. The van der Waals surface area contributed by atoms with E-state index < -0.39 is 30.3 Å². The summed E-state index contributed by atoms with van der Waals surface area (Å²) in [5.74, 6) is -0.689. The van der Waals surface area contributed by atoms with Crippen LogP contribution in [0.15, 0.2) is 11.8 Å². The summed E-state index contributed by atoms with van der Waals surface area (Å²) in [6, 6.07) is 0. The van der Waals surface area contributed by atoms with E-state index in [0.29, 0.717) is 0 Å². The number of carboxylic acid groups (broad SMARTS) is 1. The minimum Gasteiger partial charge on any atom is -0.450 e. The van der Waals surface area contributed by atoms with Gasteiger partial charge < -0.3 is 24.2 Å². The molecule has 0 aromatic carbocycles. The maximum atomic E-state index is 11.9. The maximum absolute atomic E-state index is 11.9. The first-order valence-corrected chi connectivity index (χ1v) is 8.09. The quantitative estimate of drug-likeness (QED) is 0.155. The summed E-state index contributed by atoms with van der Waals surface area (Å²) >= 11 is 0. The van der Waals surface area contributed by atoms with Crippen molar-refractivity contribution in [2.45, 2.75) is 80.0 Å². The molecule has 0 aliphatic heterocycles. The molecule has 1 N–H and O–H groups in total. The summed E-state index contributed by atoms with van der Waals surface area (Å²) in [7, 11) is 0. The molecule has 0 aromatic rings. The zero-order chi connectivity index (χ0) is 19.8. The van der Waals surface area contributed by atoms with Gasteiger partial charge >= 0.3 is 12.1 Å².